The van der Waals surface area contributed by atoms with Gasteiger partial charge in [0.15, 0.2) is 6.33 Å². The van der Waals surface area contributed by atoms with Gasteiger partial charge < -0.3 is 9.57 Å². The molecule has 1 rings (SSSR count). The van der Waals surface area contributed by atoms with E-state index in [2.05, 4.69) is 15.4 Å². The van der Waals surface area contributed by atoms with Crippen LogP contribution in [0.15, 0.2) is 6.33 Å². The van der Waals surface area contributed by atoms with Crippen molar-refractivity contribution in [3.63, 3.8) is 0 Å². The summed E-state index contributed by atoms with van der Waals surface area (Å²) in [5, 5.41) is 10.5. The number of ether oxygens (including phenoxy) is 1. The molecule has 1 aromatic heterocycles. The smallest absolute Gasteiger partial charge is 0.165 e. The molecule has 0 atom stereocenters. The maximum absolute atomic E-state index is 4.89. The molecule has 0 aliphatic carbocycles. The zero-order valence-corrected chi connectivity index (χ0v) is 5.60. The number of methoxy groups -OCH3 is 1. The van der Waals surface area contributed by atoms with Gasteiger partial charge in [0.05, 0.1) is 6.61 Å². The minimum Gasteiger partial charge on any atom is -0.381 e. The fourth-order valence-electron chi connectivity index (χ4n) is 0.419. The second-order valence-corrected chi connectivity index (χ2v) is 1.51. The summed E-state index contributed by atoms with van der Waals surface area (Å²) in [6.45, 7) is 0.939. The van der Waals surface area contributed by atoms with Crippen LogP contribution in [0.4, 0.5) is 0 Å². The summed E-state index contributed by atoms with van der Waals surface area (Å²) in [4.78, 5) is 5.93. The van der Waals surface area contributed by atoms with E-state index in [9.17, 15) is 0 Å². The van der Waals surface area contributed by atoms with E-state index >= 15 is 0 Å². The van der Waals surface area contributed by atoms with Gasteiger partial charge in [-0.05, 0) is 5.21 Å². The maximum atomic E-state index is 4.89. The van der Waals surface area contributed by atoms with Gasteiger partial charge >= 0.3 is 0 Å². The van der Waals surface area contributed by atoms with Gasteiger partial charge in [-0.2, -0.15) is 0 Å². The van der Waals surface area contributed by atoms with Crippen LogP contribution in [0.25, 0.3) is 0 Å². The fourth-order valence-corrected chi connectivity index (χ4v) is 0.419. The van der Waals surface area contributed by atoms with E-state index in [0.29, 0.717) is 13.2 Å². The van der Waals surface area contributed by atoms with Gasteiger partial charge in [-0.15, -0.1) is 10.2 Å². The van der Waals surface area contributed by atoms with Gasteiger partial charge in [-0.3, -0.25) is 0 Å². The molecule has 0 amide bonds. The summed E-state index contributed by atoms with van der Waals surface area (Å²) in [6.07, 6.45) is 1.30. The predicted octanol–water partition coefficient (Wildman–Crippen LogP) is -1.25. The minimum absolute atomic E-state index is 0.423. The van der Waals surface area contributed by atoms with Crippen molar-refractivity contribution in [1.82, 2.24) is 20.4 Å². The van der Waals surface area contributed by atoms with Crippen LogP contribution in [-0.2, 0) is 4.74 Å². The van der Waals surface area contributed by atoms with Crippen molar-refractivity contribution in [1.29, 1.82) is 0 Å². The van der Waals surface area contributed by atoms with Gasteiger partial charge in [0.1, 0.15) is 6.61 Å². The zero-order valence-electron chi connectivity index (χ0n) is 5.60. The van der Waals surface area contributed by atoms with Crippen LogP contribution < -0.4 is 4.84 Å². The molecule has 56 valence electrons. The summed E-state index contributed by atoms with van der Waals surface area (Å²) in [7, 11) is 1.60. The molecular formula is C4H8N4O2. The summed E-state index contributed by atoms with van der Waals surface area (Å²) in [5.74, 6) is 0. The minimum atomic E-state index is 0.423. The molecule has 0 aromatic carbocycles. The highest BCUT2D eigenvalue weighted by Crippen LogP contribution is 1.69. The molecule has 0 N–H and O–H groups in total. The molecule has 0 bridgehead atoms. The third-order valence-corrected chi connectivity index (χ3v) is 0.824. The van der Waals surface area contributed by atoms with Crippen LogP contribution in [0, 0.1) is 0 Å². The first-order chi connectivity index (χ1) is 4.93. The lowest BCUT2D eigenvalue weighted by Crippen LogP contribution is -2.18. The molecule has 0 spiro atoms. The molecule has 0 fully saturated rings. The number of nitrogens with zero attached hydrogens (tertiary/aromatic N) is 4. The van der Waals surface area contributed by atoms with Crippen molar-refractivity contribution in [3.8, 4) is 0 Å². The summed E-state index contributed by atoms with van der Waals surface area (Å²) in [5.41, 5.74) is 0. The van der Waals surface area contributed by atoms with Crippen LogP contribution in [0.1, 0.15) is 0 Å². The normalized spacial score (nSPS) is 9.70. The molecule has 6 nitrogen and oxygen atoms in total. The summed E-state index contributed by atoms with van der Waals surface area (Å²) >= 11 is 0. The van der Waals surface area contributed by atoms with E-state index in [1.54, 1.807) is 7.11 Å². The Bertz CT molecular complexity index is 164. The highest BCUT2D eigenvalue weighted by Gasteiger charge is 1.89. The standard InChI is InChI=1S/C4H8N4O2/c1-9-2-3-10-8-6-4-5-7-8/h4H,2-3H2,1H3. The Morgan fingerprint density at radius 2 is 2.40 bits per heavy atom. The molecule has 0 saturated heterocycles. The third-order valence-electron chi connectivity index (χ3n) is 0.824. The van der Waals surface area contributed by atoms with Crippen molar-refractivity contribution >= 4 is 0 Å². The van der Waals surface area contributed by atoms with Crippen LogP contribution >= 0.6 is 0 Å². The molecule has 10 heavy (non-hydrogen) atoms. The highest BCUT2D eigenvalue weighted by molar-refractivity contribution is 4.31. The first kappa shape index (κ1) is 6.94. The largest absolute Gasteiger partial charge is 0.381 e. The van der Waals surface area contributed by atoms with E-state index in [-0.39, 0.29) is 0 Å². The van der Waals surface area contributed by atoms with Gasteiger partial charge in [0.2, 0.25) is 0 Å². The number of aromatic nitrogens is 4. The SMILES string of the molecule is COCCOn1ncnn1. The number of hydrogen-bond acceptors (Lipinski definition) is 5. The van der Waals surface area contributed by atoms with E-state index in [1.165, 1.54) is 6.33 Å². The van der Waals surface area contributed by atoms with Crippen molar-refractivity contribution in [2.75, 3.05) is 20.3 Å². The molecule has 1 aromatic rings. The monoisotopic (exact) mass is 144 g/mol. The van der Waals surface area contributed by atoms with Crippen molar-refractivity contribution < 1.29 is 9.57 Å². The lowest BCUT2D eigenvalue weighted by atomic mass is 10.8. The molecule has 0 saturated carbocycles. The van der Waals surface area contributed by atoms with Gasteiger partial charge in [0, 0.05) is 12.1 Å². The number of hydrogen-bond donors (Lipinski definition) is 0. The van der Waals surface area contributed by atoms with Crippen LogP contribution in [0.2, 0.25) is 0 Å². The molecule has 0 aliphatic rings. The number of tetrazole rings is 1. The first-order valence-corrected chi connectivity index (χ1v) is 2.78. The topological polar surface area (TPSA) is 62.1 Å². The lowest BCUT2D eigenvalue weighted by Gasteiger charge is -1.99. The Labute approximate surface area is 57.7 Å². The van der Waals surface area contributed by atoms with Crippen LogP contribution in [0.5, 0.6) is 0 Å². The Kier molecular flexibility index (Phi) is 2.62. The molecular weight excluding hydrogens is 136 g/mol. The second-order valence-electron chi connectivity index (χ2n) is 1.51. The Balaban J connectivity index is 2.15. The molecule has 1 heterocycles. The fraction of sp³-hybridized carbons (Fsp3) is 0.750. The summed E-state index contributed by atoms with van der Waals surface area (Å²) in [6, 6.07) is 0. The van der Waals surface area contributed by atoms with E-state index in [0.717, 1.165) is 4.96 Å². The third kappa shape index (κ3) is 1.98. The van der Waals surface area contributed by atoms with Gasteiger partial charge in [0.25, 0.3) is 0 Å². The summed E-state index contributed by atoms with van der Waals surface area (Å²) < 4.78 is 4.73. The zero-order chi connectivity index (χ0) is 7.23. The first-order valence-electron chi connectivity index (χ1n) is 2.78. The van der Waals surface area contributed by atoms with Gasteiger partial charge in [-0.25, -0.2) is 0 Å². The molecule has 0 radical (unpaired) electrons. The van der Waals surface area contributed by atoms with Crippen LogP contribution in [-0.4, -0.2) is 40.7 Å². The average Bonchev–Trinajstić information content (AvgIpc) is 2.41. The lowest BCUT2D eigenvalue weighted by molar-refractivity contribution is 0.0169. The van der Waals surface area contributed by atoms with Crippen molar-refractivity contribution in [3.05, 3.63) is 6.33 Å². The van der Waals surface area contributed by atoms with Crippen LogP contribution in [0.3, 0.4) is 0 Å². The number of rotatable bonds is 4. The van der Waals surface area contributed by atoms with Crippen molar-refractivity contribution in [2.45, 2.75) is 0 Å². The Hall–Kier alpha value is -1.17. The second kappa shape index (κ2) is 3.78. The van der Waals surface area contributed by atoms with E-state index < -0.39 is 0 Å². The predicted molar refractivity (Wildman–Crippen MR) is 31.1 cm³/mol. The molecule has 6 heteroatoms. The Morgan fingerprint density at radius 1 is 1.50 bits per heavy atom. The average molecular weight is 144 g/mol. The van der Waals surface area contributed by atoms with Gasteiger partial charge in [-0.1, -0.05) is 0 Å². The van der Waals surface area contributed by atoms with Crippen molar-refractivity contribution in [2.24, 2.45) is 0 Å². The quantitative estimate of drug-likeness (QED) is 0.494. The Morgan fingerprint density at radius 3 is 3.00 bits per heavy atom. The molecule has 0 unspecified atom stereocenters. The highest BCUT2D eigenvalue weighted by atomic mass is 16.7. The van der Waals surface area contributed by atoms with E-state index in [4.69, 9.17) is 9.57 Å². The van der Waals surface area contributed by atoms with E-state index in [1.807, 2.05) is 0 Å². The maximum Gasteiger partial charge on any atom is 0.165 e. The molecule has 0 aliphatic heterocycles.